The van der Waals surface area contributed by atoms with Crippen LogP contribution in [-0.4, -0.2) is 6.54 Å². The molecule has 3 heteroatoms. The number of anilines is 1. The van der Waals surface area contributed by atoms with Gasteiger partial charge in [0.2, 0.25) is 0 Å². The Kier molecular flexibility index (Phi) is 5.17. The Bertz CT molecular complexity index is 359. The number of hydrogen-bond donors (Lipinski definition) is 1. The molecule has 0 unspecified atom stereocenters. The van der Waals surface area contributed by atoms with Crippen LogP contribution in [0.15, 0.2) is 22.7 Å². The molecule has 2 rings (SSSR count). The molecule has 0 spiro atoms. The quantitative estimate of drug-likeness (QED) is 0.728. The molecule has 1 aliphatic rings. The topological polar surface area (TPSA) is 12.0 Å². The number of halogens is 2. The first-order valence-electron chi connectivity index (χ1n) is 6.45. The van der Waals surface area contributed by atoms with Crippen LogP contribution in [0.1, 0.15) is 38.5 Å². The fraction of sp³-hybridized carbons (Fsp3) is 0.571. The first-order chi connectivity index (χ1) is 8.27. The average molecular weight is 317 g/mol. The molecule has 0 saturated heterocycles. The third-order valence-corrected chi connectivity index (χ3v) is 4.91. The van der Waals surface area contributed by atoms with Crippen LogP contribution in [0.2, 0.25) is 5.02 Å². The van der Waals surface area contributed by atoms with E-state index in [1.165, 1.54) is 38.5 Å². The van der Waals surface area contributed by atoms with Crippen molar-refractivity contribution in [2.45, 2.75) is 38.5 Å². The van der Waals surface area contributed by atoms with Crippen LogP contribution in [0.3, 0.4) is 0 Å². The highest BCUT2D eigenvalue weighted by molar-refractivity contribution is 9.10. The van der Waals surface area contributed by atoms with Gasteiger partial charge < -0.3 is 5.32 Å². The van der Waals surface area contributed by atoms with Crippen molar-refractivity contribution in [2.75, 3.05) is 11.9 Å². The molecule has 17 heavy (non-hydrogen) atoms. The van der Waals surface area contributed by atoms with Gasteiger partial charge in [-0.1, -0.05) is 43.4 Å². The van der Waals surface area contributed by atoms with E-state index in [2.05, 4.69) is 27.3 Å². The van der Waals surface area contributed by atoms with Crippen LogP contribution >= 0.6 is 27.5 Å². The summed E-state index contributed by atoms with van der Waals surface area (Å²) >= 11 is 9.60. The van der Waals surface area contributed by atoms with E-state index in [-0.39, 0.29) is 0 Å². The third kappa shape index (κ3) is 3.89. The van der Waals surface area contributed by atoms with Crippen LogP contribution in [0.5, 0.6) is 0 Å². The van der Waals surface area contributed by atoms with E-state index in [1.54, 1.807) is 0 Å². The van der Waals surface area contributed by atoms with Crippen molar-refractivity contribution in [2.24, 2.45) is 5.92 Å². The molecule has 0 radical (unpaired) electrons. The summed E-state index contributed by atoms with van der Waals surface area (Å²) in [6.45, 7) is 1.07. The summed E-state index contributed by atoms with van der Waals surface area (Å²) in [6, 6.07) is 5.97. The summed E-state index contributed by atoms with van der Waals surface area (Å²) in [5.41, 5.74) is 1.11. The van der Waals surface area contributed by atoms with E-state index in [9.17, 15) is 0 Å². The van der Waals surface area contributed by atoms with E-state index < -0.39 is 0 Å². The zero-order valence-corrected chi connectivity index (χ0v) is 12.4. The van der Waals surface area contributed by atoms with E-state index in [0.717, 1.165) is 27.6 Å². The first-order valence-corrected chi connectivity index (χ1v) is 7.62. The van der Waals surface area contributed by atoms with Gasteiger partial charge in [0.25, 0.3) is 0 Å². The Morgan fingerprint density at radius 3 is 2.59 bits per heavy atom. The Labute approximate surface area is 117 Å². The van der Waals surface area contributed by atoms with Crippen LogP contribution < -0.4 is 5.32 Å². The van der Waals surface area contributed by atoms with Crippen molar-refractivity contribution in [3.63, 3.8) is 0 Å². The highest BCUT2D eigenvalue weighted by Gasteiger charge is 2.12. The molecule has 0 aromatic heterocycles. The second-order valence-electron chi connectivity index (χ2n) is 4.84. The molecule has 1 saturated carbocycles. The number of nitrogens with one attached hydrogen (secondary N) is 1. The largest absolute Gasteiger partial charge is 0.384 e. The normalized spacial score (nSPS) is 17.8. The second kappa shape index (κ2) is 6.65. The van der Waals surface area contributed by atoms with Crippen LogP contribution in [0, 0.1) is 5.92 Å². The second-order valence-corrected chi connectivity index (χ2v) is 6.04. The minimum Gasteiger partial charge on any atom is -0.384 e. The monoisotopic (exact) mass is 315 g/mol. The Morgan fingerprint density at radius 1 is 1.18 bits per heavy atom. The molecule has 1 aromatic rings. The van der Waals surface area contributed by atoms with Crippen LogP contribution in [-0.2, 0) is 0 Å². The van der Waals surface area contributed by atoms with Gasteiger partial charge >= 0.3 is 0 Å². The third-order valence-electron chi connectivity index (χ3n) is 3.51. The fourth-order valence-corrected chi connectivity index (χ4v) is 3.04. The van der Waals surface area contributed by atoms with E-state index >= 15 is 0 Å². The summed E-state index contributed by atoms with van der Waals surface area (Å²) in [5.74, 6) is 0.823. The zero-order chi connectivity index (χ0) is 12.1. The van der Waals surface area contributed by atoms with E-state index in [4.69, 9.17) is 11.6 Å². The Balaban J connectivity index is 1.90. The smallest absolute Gasteiger partial charge is 0.0593 e. The van der Waals surface area contributed by atoms with Gasteiger partial charge in [-0.05, 0) is 46.8 Å². The van der Waals surface area contributed by atoms with Gasteiger partial charge in [-0.3, -0.25) is 0 Å². The van der Waals surface area contributed by atoms with Gasteiger partial charge in [-0.25, -0.2) is 0 Å². The highest BCUT2D eigenvalue weighted by Crippen LogP contribution is 2.31. The predicted molar refractivity (Wildman–Crippen MR) is 78.8 cm³/mol. The summed E-state index contributed by atoms with van der Waals surface area (Å²) < 4.78 is 0.982. The molecule has 1 nitrogen and oxygen atoms in total. The molecule has 0 bridgehead atoms. The maximum atomic E-state index is 6.07. The number of hydrogen-bond acceptors (Lipinski definition) is 1. The van der Waals surface area contributed by atoms with Crippen molar-refractivity contribution < 1.29 is 0 Å². The Hall–Kier alpha value is -0.210. The minimum absolute atomic E-state index is 0.774. The first kappa shape index (κ1) is 13.2. The maximum absolute atomic E-state index is 6.07. The van der Waals surface area contributed by atoms with Gasteiger partial charge in [0.05, 0.1) is 9.50 Å². The highest BCUT2D eigenvalue weighted by atomic mass is 79.9. The molecule has 1 N–H and O–H groups in total. The lowest BCUT2D eigenvalue weighted by atomic mass is 10.0. The lowest BCUT2D eigenvalue weighted by molar-refractivity contribution is 0.483. The van der Waals surface area contributed by atoms with Crippen molar-refractivity contribution in [1.82, 2.24) is 0 Å². The SMILES string of the molecule is Clc1cccc(NCC2CCCCCC2)c1Br. The fourth-order valence-electron chi connectivity index (χ4n) is 2.46. The van der Waals surface area contributed by atoms with Gasteiger partial charge in [-0.15, -0.1) is 0 Å². The summed E-state index contributed by atoms with van der Waals surface area (Å²) in [7, 11) is 0. The van der Waals surface area contributed by atoms with Crippen molar-refractivity contribution in [3.05, 3.63) is 27.7 Å². The summed E-state index contributed by atoms with van der Waals surface area (Å²) in [4.78, 5) is 0. The number of rotatable bonds is 3. The van der Waals surface area contributed by atoms with Gasteiger partial charge in [0, 0.05) is 12.2 Å². The summed E-state index contributed by atoms with van der Waals surface area (Å²) in [6.07, 6.45) is 8.34. The molecule has 0 amide bonds. The molecule has 1 aromatic carbocycles. The predicted octanol–water partition coefficient (Wildman–Crippen LogP) is 5.48. The minimum atomic E-state index is 0.774. The van der Waals surface area contributed by atoms with Crippen molar-refractivity contribution in [3.8, 4) is 0 Å². The maximum Gasteiger partial charge on any atom is 0.0593 e. The molecule has 0 atom stereocenters. The standard InChI is InChI=1S/C14H19BrClN/c15-14-12(16)8-5-9-13(14)17-10-11-6-3-1-2-4-7-11/h5,8-9,11,17H,1-4,6-7,10H2. The molecular formula is C14H19BrClN. The summed E-state index contributed by atoms with van der Waals surface area (Å²) in [5, 5.41) is 4.29. The zero-order valence-electron chi connectivity index (χ0n) is 10.0. The molecule has 94 valence electrons. The van der Waals surface area contributed by atoms with Gasteiger partial charge in [-0.2, -0.15) is 0 Å². The molecule has 1 fully saturated rings. The number of benzene rings is 1. The Morgan fingerprint density at radius 2 is 1.88 bits per heavy atom. The average Bonchev–Trinajstić information content (AvgIpc) is 2.59. The molecular weight excluding hydrogens is 298 g/mol. The molecule has 0 heterocycles. The van der Waals surface area contributed by atoms with Gasteiger partial charge in [0.1, 0.15) is 0 Å². The molecule has 1 aliphatic carbocycles. The van der Waals surface area contributed by atoms with Crippen LogP contribution in [0.4, 0.5) is 5.69 Å². The van der Waals surface area contributed by atoms with Crippen molar-refractivity contribution in [1.29, 1.82) is 0 Å². The molecule has 0 aliphatic heterocycles. The van der Waals surface area contributed by atoms with Crippen molar-refractivity contribution >= 4 is 33.2 Å². The lowest BCUT2D eigenvalue weighted by Gasteiger charge is -2.16. The van der Waals surface area contributed by atoms with E-state index in [1.807, 2.05) is 12.1 Å². The lowest BCUT2D eigenvalue weighted by Crippen LogP contribution is -2.13. The van der Waals surface area contributed by atoms with E-state index in [0.29, 0.717) is 0 Å². The van der Waals surface area contributed by atoms with Gasteiger partial charge in [0.15, 0.2) is 0 Å². The van der Waals surface area contributed by atoms with Crippen LogP contribution in [0.25, 0.3) is 0 Å².